The molecule has 0 aliphatic heterocycles. The van der Waals surface area contributed by atoms with Crippen LogP contribution in [0.2, 0.25) is 0 Å². The zero-order valence-corrected chi connectivity index (χ0v) is 10.2. The molecule has 16 heavy (non-hydrogen) atoms. The average molecular weight is 230 g/mol. The van der Waals surface area contributed by atoms with Crippen LogP contribution in [-0.2, 0) is 9.59 Å². The van der Waals surface area contributed by atoms with Gasteiger partial charge in [0.05, 0.1) is 5.92 Å². The smallest absolute Gasteiger partial charge is 0.306 e. The summed E-state index contributed by atoms with van der Waals surface area (Å²) < 4.78 is 0. The Morgan fingerprint density at radius 1 is 1.31 bits per heavy atom. The van der Waals surface area contributed by atoms with E-state index in [-0.39, 0.29) is 23.8 Å². The molecule has 5 nitrogen and oxygen atoms in total. The third-order valence-corrected chi connectivity index (χ3v) is 2.74. The Balaban J connectivity index is 3.67. The van der Waals surface area contributed by atoms with Gasteiger partial charge in [-0.15, -0.1) is 0 Å². The highest BCUT2D eigenvalue weighted by molar-refractivity contribution is 5.78. The maximum Gasteiger partial charge on any atom is 0.306 e. The lowest BCUT2D eigenvalue weighted by Crippen LogP contribution is -2.39. The molecule has 1 amide bonds. The van der Waals surface area contributed by atoms with Gasteiger partial charge in [-0.2, -0.15) is 0 Å². The Labute approximate surface area is 96.4 Å². The van der Waals surface area contributed by atoms with Gasteiger partial charge in [0.2, 0.25) is 5.91 Å². The summed E-state index contributed by atoms with van der Waals surface area (Å²) in [5.74, 6) is -1.44. The van der Waals surface area contributed by atoms with E-state index >= 15 is 0 Å². The van der Waals surface area contributed by atoms with Crippen molar-refractivity contribution in [3.8, 4) is 0 Å². The molecule has 0 aromatic carbocycles. The minimum Gasteiger partial charge on any atom is -0.481 e. The summed E-state index contributed by atoms with van der Waals surface area (Å²) in [7, 11) is 0. The van der Waals surface area contributed by atoms with Crippen molar-refractivity contribution in [3.63, 3.8) is 0 Å². The molecule has 0 heterocycles. The molecule has 3 unspecified atom stereocenters. The van der Waals surface area contributed by atoms with Crippen molar-refractivity contribution >= 4 is 11.9 Å². The van der Waals surface area contributed by atoms with Crippen molar-refractivity contribution in [2.24, 2.45) is 17.6 Å². The van der Waals surface area contributed by atoms with E-state index in [1.54, 1.807) is 20.8 Å². The first-order valence-corrected chi connectivity index (χ1v) is 5.62. The van der Waals surface area contributed by atoms with Gasteiger partial charge in [-0.3, -0.25) is 9.59 Å². The van der Waals surface area contributed by atoms with Gasteiger partial charge in [-0.1, -0.05) is 13.8 Å². The van der Waals surface area contributed by atoms with Gasteiger partial charge in [0.15, 0.2) is 0 Å². The molecular formula is C11H22N2O3. The number of carbonyl (C=O) groups excluding carboxylic acids is 1. The Morgan fingerprint density at radius 3 is 2.31 bits per heavy atom. The van der Waals surface area contributed by atoms with E-state index in [4.69, 9.17) is 10.8 Å². The predicted molar refractivity (Wildman–Crippen MR) is 61.9 cm³/mol. The Hall–Kier alpha value is -1.10. The zero-order valence-electron chi connectivity index (χ0n) is 10.2. The van der Waals surface area contributed by atoms with Gasteiger partial charge in [-0.25, -0.2) is 0 Å². The van der Waals surface area contributed by atoms with Gasteiger partial charge in [0, 0.05) is 18.5 Å². The summed E-state index contributed by atoms with van der Waals surface area (Å²) in [6, 6.07) is -0.169. The molecule has 5 heteroatoms. The molecule has 0 rings (SSSR count). The van der Waals surface area contributed by atoms with E-state index in [1.807, 2.05) is 0 Å². The number of amides is 1. The lowest BCUT2D eigenvalue weighted by Gasteiger charge is -2.15. The van der Waals surface area contributed by atoms with Crippen LogP contribution in [0.15, 0.2) is 0 Å². The lowest BCUT2D eigenvalue weighted by atomic mass is 10.0. The van der Waals surface area contributed by atoms with Crippen LogP contribution in [-0.4, -0.2) is 29.6 Å². The fourth-order valence-electron chi connectivity index (χ4n) is 1.14. The monoisotopic (exact) mass is 230 g/mol. The Bertz CT molecular complexity index is 241. The normalized spacial score (nSPS) is 16.2. The lowest BCUT2D eigenvalue weighted by molar-refractivity contribution is -0.141. The number of carboxylic acids is 1. The van der Waals surface area contributed by atoms with Crippen LogP contribution < -0.4 is 11.1 Å². The highest BCUT2D eigenvalue weighted by Gasteiger charge is 2.16. The summed E-state index contributed by atoms with van der Waals surface area (Å²) in [5, 5.41) is 11.4. The minimum atomic E-state index is -0.796. The second-order valence-corrected chi connectivity index (χ2v) is 4.32. The largest absolute Gasteiger partial charge is 0.481 e. The third kappa shape index (κ3) is 5.70. The van der Waals surface area contributed by atoms with Crippen LogP contribution in [0, 0.1) is 11.8 Å². The molecule has 0 radical (unpaired) electrons. The van der Waals surface area contributed by atoms with E-state index in [0.717, 1.165) is 0 Å². The van der Waals surface area contributed by atoms with E-state index < -0.39 is 5.97 Å². The number of hydrogen-bond acceptors (Lipinski definition) is 3. The highest BCUT2D eigenvalue weighted by Crippen LogP contribution is 2.05. The SMILES string of the molecule is CC(CCCNC(=O)C(C)C(C)N)C(=O)O. The molecular weight excluding hydrogens is 208 g/mol. The summed E-state index contributed by atoms with van der Waals surface area (Å²) in [4.78, 5) is 22.0. The second-order valence-electron chi connectivity index (χ2n) is 4.32. The number of aliphatic carboxylic acids is 1. The minimum absolute atomic E-state index is 0.0713. The first kappa shape index (κ1) is 14.9. The van der Waals surface area contributed by atoms with Crippen molar-refractivity contribution < 1.29 is 14.7 Å². The Kier molecular flexibility index (Phi) is 6.72. The summed E-state index contributed by atoms with van der Waals surface area (Å²) >= 11 is 0. The van der Waals surface area contributed by atoms with Crippen LogP contribution in [0.25, 0.3) is 0 Å². The van der Waals surface area contributed by atoms with Crippen molar-refractivity contribution in [2.45, 2.75) is 39.7 Å². The number of nitrogens with one attached hydrogen (secondary N) is 1. The first-order chi connectivity index (χ1) is 7.36. The third-order valence-electron chi connectivity index (χ3n) is 2.74. The Morgan fingerprint density at radius 2 is 1.88 bits per heavy atom. The molecule has 0 saturated heterocycles. The van der Waals surface area contributed by atoms with Gasteiger partial charge in [-0.05, 0) is 19.8 Å². The second kappa shape index (κ2) is 7.22. The maximum atomic E-state index is 11.5. The van der Waals surface area contributed by atoms with Crippen LogP contribution in [0.1, 0.15) is 33.6 Å². The number of rotatable bonds is 7. The van der Waals surface area contributed by atoms with E-state index in [1.165, 1.54) is 0 Å². The molecule has 4 N–H and O–H groups in total. The van der Waals surface area contributed by atoms with Crippen LogP contribution in [0.4, 0.5) is 0 Å². The summed E-state index contributed by atoms with van der Waals surface area (Å²) in [6.07, 6.45) is 1.24. The number of nitrogens with two attached hydrogens (primary N) is 1. The highest BCUT2D eigenvalue weighted by atomic mass is 16.4. The van der Waals surface area contributed by atoms with Crippen molar-refractivity contribution in [1.29, 1.82) is 0 Å². The molecule has 0 fully saturated rings. The molecule has 0 aliphatic rings. The van der Waals surface area contributed by atoms with E-state index in [9.17, 15) is 9.59 Å². The predicted octanol–water partition coefficient (Wildman–Crippen LogP) is 0.587. The van der Waals surface area contributed by atoms with Crippen molar-refractivity contribution in [3.05, 3.63) is 0 Å². The molecule has 3 atom stereocenters. The fraction of sp³-hybridized carbons (Fsp3) is 0.818. The van der Waals surface area contributed by atoms with Gasteiger partial charge >= 0.3 is 5.97 Å². The first-order valence-electron chi connectivity index (χ1n) is 5.62. The van der Waals surface area contributed by atoms with Gasteiger partial charge in [0.25, 0.3) is 0 Å². The van der Waals surface area contributed by atoms with Crippen LogP contribution in [0.5, 0.6) is 0 Å². The van der Waals surface area contributed by atoms with Crippen molar-refractivity contribution in [1.82, 2.24) is 5.32 Å². The maximum absolute atomic E-state index is 11.5. The van der Waals surface area contributed by atoms with Crippen LogP contribution in [0.3, 0.4) is 0 Å². The molecule has 0 saturated carbocycles. The quantitative estimate of drug-likeness (QED) is 0.558. The average Bonchev–Trinajstić information content (AvgIpc) is 2.22. The number of hydrogen-bond donors (Lipinski definition) is 3. The summed E-state index contributed by atoms with van der Waals surface area (Å²) in [6.45, 7) is 5.73. The topological polar surface area (TPSA) is 92.4 Å². The molecule has 0 aromatic rings. The molecule has 94 valence electrons. The molecule has 0 bridgehead atoms. The van der Waals surface area contributed by atoms with E-state index in [0.29, 0.717) is 19.4 Å². The van der Waals surface area contributed by atoms with Crippen LogP contribution >= 0.6 is 0 Å². The summed E-state index contributed by atoms with van der Waals surface area (Å²) in [5.41, 5.74) is 5.59. The molecule has 0 aromatic heterocycles. The molecule has 0 spiro atoms. The zero-order chi connectivity index (χ0) is 12.7. The van der Waals surface area contributed by atoms with Gasteiger partial charge < -0.3 is 16.2 Å². The number of carboxylic acid groups (broad SMARTS) is 1. The number of carbonyl (C=O) groups is 2. The van der Waals surface area contributed by atoms with E-state index in [2.05, 4.69) is 5.32 Å². The van der Waals surface area contributed by atoms with Crippen molar-refractivity contribution in [2.75, 3.05) is 6.54 Å². The molecule has 0 aliphatic carbocycles. The van der Waals surface area contributed by atoms with Gasteiger partial charge in [0.1, 0.15) is 0 Å². The fourth-order valence-corrected chi connectivity index (χ4v) is 1.14. The standard InChI is InChI=1S/C11H22N2O3/c1-7(11(15)16)5-4-6-13-10(14)8(2)9(3)12/h7-9H,4-6,12H2,1-3H3,(H,13,14)(H,15,16).